The van der Waals surface area contributed by atoms with Gasteiger partial charge in [-0.05, 0) is 37.5 Å². The number of carbonyl (C=O) groups excluding carboxylic acids is 2. The summed E-state index contributed by atoms with van der Waals surface area (Å²) >= 11 is 0. The third kappa shape index (κ3) is 6.06. The van der Waals surface area contributed by atoms with Gasteiger partial charge in [-0.1, -0.05) is 12.1 Å². The highest BCUT2D eigenvalue weighted by Gasteiger charge is 2.18. The molecule has 0 bridgehead atoms. The maximum atomic E-state index is 11.6. The van der Waals surface area contributed by atoms with Gasteiger partial charge >= 0.3 is 0 Å². The summed E-state index contributed by atoms with van der Waals surface area (Å²) in [5, 5.41) is 9.14. The molecule has 142 valence electrons. The lowest BCUT2D eigenvalue weighted by Crippen LogP contribution is -2.39. The molecule has 0 radical (unpaired) electrons. The molecule has 0 aromatic heterocycles. The van der Waals surface area contributed by atoms with Crippen LogP contribution in [0, 0.1) is 0 Å². The average Bonchev–Trinajstić information content (AvgIpc) is 3.07. The van der Waals surface area contributed by atoms with Gasteiger partial charge in [-0.15, -0.1) is 0 Å². The van der Waals surface area contributed by atoms with Crippen molar-refractivity contribution in [2.45, 2.75) is 32.7 Å². The number of nitrogens with zero attached hydrogens (tertiary/aromatic N) is 2. The molecule has 1 aliphatic heterocycles. The number of guanidine groups is 1. The van der Waals surface area contributed by atoms with Gasteiger partial charge in [-0.3, -0.25) is 9.59 Å². The van der Waals surface area contributed by atoms with E-state index in [4.69, 9.17) is 0 Å². The standard InChI is InChI=1S/C19H29N5O2/c1-3-21-19(22-11-5-13-24-12-4-6-17(24)25)23-14-15-7-9-16(10-8-15)18(26)20-2/h7-10H,3-6,11-14H2,1-2H3,(H,20,26)(H2,21,22,23). The second-order valence-corrected chi connectivity index (χ2v) is 6.24. The molecule has 3 N–H and O–H groups in total. The Hall–Kier alpha value is -2.57. The van der Waals surface area contributed by atoms with E-state index < -0.39 is 0 Å². The molecule has 7 heteroatoms. The third-order valence-corrected chi connectivity index (χ3v) is 4.28. The second kappa shape index (κ2) is 10.4. The first-order chi connectivity index (χ1) is 12.6. The van der Waals surface area contributed by atoms with Crippen LogP contribution in [0.15, 0.2) is 29.3 Å². The fourth-order valence-corrected chi connectivity index (χ4v) is 2.84. The molecule has 0 aliphatic carbocycles. The van der Waals surface area contributed by atoms with Gasteiger partial charge in [0.1, 0.15) is 0 Å². The minimum atomic E-state index is -0.0912. The molecule has 0 atom stereocenters. The molecule has 0 saturated carbocycles. The van der Waals surface area contributed by atoms with Crippen LogP contribution in [-0.4, -0.2) is 55.9 Å². The highest BCUT2D eigenvalue weighted by molar-refractivity contribution is 5.93. The number of carbonyl (C=O) groups is 2. The molecule has 0 spiro atoms. The lowest BCUT2D eigenvalue weighted by Gasteiger charge is -2.16. The number of aliphatic imine (C=N–C) groups is 1. The van der Waals surface area contributed by atoms with Crippen LogP contribution in [-0.2, 0) is 11.3 Å². The van der Waals surface area contributed by atoms with Crippen LogP contribution < -0.4 is 16.0 Å². The molecular weight excluding hydrogens is 330 g/mol. The van der Waals surface area contributed by atoms with Gasteiger partial charge in [-0.2, -0.15) is 0 Å². The summed E-state index contributed by atoms with van der Waals surface area (Å²) in [5.74, 6) is 0.938. The summed E-state index contributed by atoms with van der Waals surface area (Å²) in [6, 6.07) is 7.43. The van der Waals surface area contributed by atoms with Gasteiger partial charge in [0.05, 0.1) is 6.54 Å². The zero-order valence-corrected chi connectivity index (χ0v) is 15.7. The van der Waals surface area contributed by atoms with Crippen LogP contribution in [0.3, 0.4) is 0 Å². The van der Waals surface area contributed by atoms with Crippen LogP contribution in [0.2, 0.25) is 0 Å². The molecule has 26 heavy (non-hydrogen) atoms. The lowest BCUT2D eigenvalue weighted by molar-refractivity contribution is -0.127. The quantitative estimate of drug-likeness (QED) is 0.369. The molecule has 1 heterocycles. The van der Waals surface area contributed by atoms with Crippen molar-refractivity contribution in [1.82, 2.24) is 20.9 Å². The minimum Gasteiger partial charge on any atom is -0.357 e. The zero-order valence-electron chi connectivity index (χ0n) is 15.7. The van der Waals surface area contributed by atoms with Crippen LogP contribution >= 0.6 is 0 Å². The van der Waals surface area contributed by atoms with E-state index in [1.165, 1.54) is 0 Å². The van der Waals surface area contributed by atoms with E-state index in [0.29, 0.717) is 18.5 Å². The maximum Gasteiger partial charge on any atom is 0.251 e. The molecule has 1 aromatic carbocycles. The van der Waals surface area contributed by atoms with Crippen LogP contribution in [0.5, 0.6) is 0 Å². The molecule has 1 saturated heterocycles. The molecule has 0 unspecified atom stereocenters. The van der Waals surface area contributed by atoms with E-state index >= 15 is 0 Å². The molecule has 7 nitrogen and oxygen atoms in total. The summed E-state index contributed by atoms with van der Waals surface area (Å²) in [6.07, 6.45) is 2.57. The molecular formula is C19H29N5O2. The average molecular weight is 359 g/mol. The van der Waals surface area contributed by atoms with E-state index in [1.807, 2.05) is 24.0 Å². The predicted molar refractivity (Wildman–Crippen MR) is 103 cm³/mol. The molecule has 2 amide bonds. The van der Waals surface area contributed by atoms with Gasteiger partial charge in [0, 0.05) is 45.2 Å². The molecule has 1 aliphatic rings. The summed E-state index contributed by atoms with van der Waals surface area (Å²) in [4.78, 5) is 29.7. The number of rotatable bonds is 8. The lowest BCUT2D eigenvalue weighted by atomic mass is 10.1. The number of amides is 2. The summed E-state index contributed by atoms with van der Waals surface area (Å²) in [7, 11) is 1.62. The van der Waals surface area contributed by atoms with Gasteiger partial charge < -0.3 is 20.9 Å². The monoisotopic (exact) mass is 359 g/mol. The Morgan fingerprint density at radius 2 is 2.00 bits per heavy atom. The third-order valence-electron chi connectivity index (χ3n) is 4.28. The van der Waals surface area contributed by atoms with Crippen LogP contribution in [0.25, 0.3) is 0 Å². The Labute approximate surface area is 155 Å². The normalized spacial score (nSPS) is 14.5. The Morgan fingerprint density at radius 3 is 2.62 bits per heavy atom. The van der Waals surface area contributed by atoms with Gasteiger partial charge in [-0.25, -0.2) is 4.99 Å². The van der Waals surface area contributed by atoms with E-state index in [2.05, 4.69) is 20.9 Å². The number of nitrogens with one attached hydrogen (secondary N) is 3. The Balaban J connectivity index is 1.79. The smallest absolute Gasteiger partial charge is 0.251 e. The summed E-state index contributed by atoms with van der Waals surface area (Å²) < 4.78 is 0. The van der Waals surface area contributed by atoms with E-state index in [0.717, 1.165) is 50.5 Å². The number of likely N-dealkylation sites (tertiary alicyclic amines) is 1. The number of benzene rings is 1. The summed E-state index contributed by atoms with van der Waals surface area (Å²) in [6.45, 7) is 5.80. The Morgan fingerprint density at radius 1 is 1.23 bits per heavy atom. The highest BCUT2D eigenvalue weighted by atomic mass is 16.2. The number of hydrogen-bond donors (Lipinski definition) is 3. The molecule has 2 rings (SSSR count). The van der Waals surface area contributed by atoms with Crippen molar-refractivity contribution in [1.29, 1.82) is 0 Å². The molecule has 1 fully saturated rings. The SMILES string of the molecule is CCNC(=NCc1ccc(C(=O)NC)cc1)NCCCN1CCCC1=O. The van der Waals surface area contributed by atoms with Crippen LogP contribution in [0.4, 0.5) is 0 Å². The fourth-order valence-electron chi connectivity index (χ4n) is 2.84. The first kappa shape index (κ1) is 19.8. The Bertz CT molecular complexity index is 627. The zero-order chi connectivity index (χ0) is 18.8. The topological polar surface area (TPSA) is 85.8 Å². The minimum absolute atomic E-state index is 0.0912. The first-order valence-corrected chi connectivity index (χ1v) is 9.25. The van der Waals surface area contributed by atoms with Crippen molar-refractivity contribution in [2.75, 3.05) is 33.2 Å². The maximum absolute atomic E-state index is 11.6. The van der Waals surface area contributed by atoms with Crippen molar-refractivity contribution < 1.29 is 9.59 Å². The first-order valence-electron chi connectivity index (χ1n) is 9.25. The van der Waals surface area contributed by atoms with Crippen molar-refractivity contribution >= 4 is 17.8 Å². The van der Waals surface area contributed by atoms with Crippen molar-refractivity contribution in [2.24, 2.45) is 4.99 Å². The van der Waals surface area contributed by atoms with Crippen molar-refractivity contribution in [3.8, 4) is 0 Å². The van der Waals surface area contributed by atoms with E-state index in [-0.39, 0.29) is 11.8 Å². The van der Waals surface area contributed by atoms with E-state index in [9.17, 15) is 9.59 Å². The summed E-state index contributed by atoms with van der Waals surface area (Å²) in [5.41, 5.74) is 1.68. The van der Waals surface area contributed by atoms with Crippen molar-refractivity contribution in [3.05, 3.63) is 35.4 Å². The van der Waals surface area contributed by atoms with Gasteiger partial charge in [0.15, 0.2) is 5.96 Å². The van der Waals surface area contributed by atoms with Gasteiger partial charge in [0.25, 0.3) is 5.91 Å². The largest absolute Gasteiger partial charge is 0.357 e. The van der Waals surface area contributed by atoms with Gasteiger partial charge in [0.2, 0.25) is 5.91 Å². The van der Waals surface area contributed by atoms with E-state index in [1.54, 1.807) is 19.2 Å². The Kier molecular flexibility index (Phi) is 7.92. The predicted octanol–water partition coefficient (Wildman–Crippen LogP) is 1.11. The number of hydrogen-bond acceptors (Lipinski definition) is 3. The fraction of sp³-hybridized carbons (Fsp3) is 0.526. The van der Waals surface area contributed by atoms with Crippen LogP contribution in [0.1, 0.15) is 42.1 Å². The van der Waals surface area contributed by atoms with Crippen molar-refractivity contribution in [3.63, 3.8) is 0 Å². The second-order valence-electron chi connectivity index (χ2n) is 6.24. The molecule has 1 aromatic rings. The highest BCUT2D eigenvalue weighted by Crippen LogP contribution is 2.09.